The Hall–Kier alpha value is -1.24. The van der Waals surface area contributed by atoms with Crippen molar-refractivity contribution in [2.75, 3.05) is 13.4 Å². The highest BCUT2D eigenvalue weighted by atomic mass is 32.2. The Balaban J connectivity index is 3.43. The molecule has 0 aromatic heterocycles. The van der Waals surface area contributed by atoms with Crippen LogP contribution in [-0.4, -0.2) is 19.3 Å². The van der Waals surface area contributed by atoms with Crippen molar-refractivity contribution in [3.8, 4) is 0 Å². The summed E-state index contributed by atoms with van der Waals surface area (Å²) in [5.74, 6) is -2.22. The van der Waals surface area contributed by atoms with Gasteiger partial charge in [-0.1, -0.05) is 0 Å². The van der Waals surface area contributed by atoms with Crippen LogP contribution in [0.25, 0.3) is 0 Å². The van der Waals surface area contributed by atoms with E-state index < -0.39 is 34.0 Å². The minimum atomic E-state index is -4.66. The van der Waals surface area contributed by atoms with E-state index in [0.29, 0.717) is 17.8 Å². The van der Waals surface area contributed by atoms with E-state index in [2.05, 4.69) is 4.74 Å². The predicted molar refractivity (Wildman–Crippen MR) is 54.5 cm³/mol. The number of ether oxygens (including phenoxy) is 1. The van der Waals surface area contributed by atoms with Crippen molar-refractivity contribution in [2.45, 2.75) is 11.1 Å². The topological polar surface area (TPSA) is 26.3 Å². The number of hydrogen-bond acceptors (Lipinski definition) is 3. The van der Waals surface area contributed by atoms with E-state index in [0.717, 1.165) is 13.2 Å². The van der Waals surface area contributed by atoms with Gasteiger partial charge in [0.05, 0.1) is 23.1 Å². The van der Waals surface area contributed by atoms with Gasteiger partial charge >= 0.3 is 12.1 Å². The highest BCUT2D eigenvalue weighted by molar-refractivity contribution is 7.98. The Bertz CT molecular complexity index is 443. The highest BCUT2D eigenvalue weighted by Crippen LogP contribution is 2.38. The van der Waals surface area contributed by atoms with Crippen molar-refractivity contribution in [3.63, 3.8) is 0 Å². The number of hydrogen-bond donors (Lipinski definition) is 0. The number of rotatable bonds is 2. The molecule has 0 fully saturated rings. The van der Waals surface area contributed by atoms with Crippen LogP contribution in [0.3, 0.4) is 0 Å². The molecule has 0 saturated heterocycles. The minimum absolute atomic E-state index is 0.509. The first-order valence-electron chi connectivity index (χ1n) is 4.35. The van der Waals surface area contributed by atoms with Gasteiger partial charge in [0.25, 0.3) is 0 Å². The quantitative estimate of drug-likeness (QED) is 0.467. The lowest BCUT2D eigenvalue weighted by Crippen LogP contribution is -2.12. The second kappa shape index (κ2) is 4.95. The summed E-state index contributed by atoms with van der Waals surface area (Å²) in [7, 11) is 1.03. The van der Waals surface area contributed by atoms with Crippen LogP contribution in [0, 0.1) is 5.82 Å². The molecule has 0 bridgehead atoms. The van der Waals surface area contributed by atoms with Crippen molar-refractivity contribution in [3.05, 3.63) is 29.1 Å². The van der Waals surface area contributed by atoms with Crippen molar-refractivity contribution in [2.24, 2.45) is 0 Å². The summed E-state index contributed by atoms with van der Waals surface area (Å²) in [5, 5.41) is 0. The molecule has 0 saturated carbocycles. The number of esters is 1. The number of carbonyl (C=O) groups excluding carboxylic acids is 1. The lowest BCUT2D eigenvalue weighted by atomic mass is 10.1. The van der Waals surface area contributed by atoms with Crippen molar-refractivity contribution in [1.29, 1.82) is 0 Å². The Morgan fingerprint density at radius 1 is 1.35 bits per heavy atom. The highest BCUT2D eigenvalue weighted by Gasteiger charge is 2.35. The van der Waals surface area contributed by atoms with E-state index in [4.69, 9.17) is 0 Å². The van der Waals surface area contributed by atoms with Gasteiger partial charge in [-0.05, 0) is 18.4 Å². The van der Waals surface area contributed by atoms with Crippen LogP contribution in [0.15, 0.2) is 17.0 Å². The first kappa shape index (κ1) is 13.8. The van der Waals surface area contributed by atoms with Crippen molar-refractivity contribution < 1.29 is 27.1 Å². The Kier molecular flexibility index (Phi) is 4.03. The largest absolute Gasteiger partial charge is 0.465 e. The minimum Gasteiger partial charge on any atom is -0.465 e. The third kappa shape index (κ3) is 2.71. The van der Waals surface area contributed by atoms with Crippen LogP contribution in [0.1, 0.15) is 15.9 Å². The summed E-state index contributed by atoms with van der Waals surface area (Å²) in [6.07, 6.45) is -3.36. The first-order valence-corrected chi connectivity index (χ1v) is 5.57. The van der Waals surface area contributed by atoms with Crippen molar-refractivity contribution in [1.82, 2.24) is 0 Å². The monoisotopic (exact) mass is 268 g/mol. The van der Waals surface area contributed by atoms with E-state index in [9.17, 15) is 22.4 Å². The second-order valence-corrected chi connectivity index (χ2v) is 3.81. The number of halogens is 4. The lowest BCUT2D eigenvalue weighted by Gasteiger charge is -2.13. The normalized spacial score (nSPS) is 11.4. The van der Waals surface area contributed by atoms with Gasteiger partial charge in [0.1, 0.15) is 0 Å². The number of thioether (sulfide) groups is 1. The molecule has 2 nitrogen and oxygen atoms in total. The molecule has 0 unspecified atom stereocenters. The molecule has 0 amide bonds. The first-order chi connectivity index (χ1) is 7.82. The van der Waals surface area contributed by atoms with Crippen LogP contribution in [0.5, 0.6) is 0 Å². The number of carbonyl (C=O) groups is 1. The molecular formula is C10H8F4O2S. The van der Waals surface area contributed by atoms with Crippen molar-refractivity contribution >= 4 is 17.7 Å². The molecule has 0 aliphatic carbocycles. The van der Waals surface area contributed by atoms with Gasteiger partial charge < -0.3 is 4.74 Å². The summed E-state index contributed by atoms with van der Waals surface area (Å²) in [6, 6.07) is 1.44. The summed E-state index contributed by atoms with van der Waals surface area (Å²) < 4.78 is 55.6. The smallest absolute Gasteiger partial charge is 0.417 e. The number of alkyl halides is 3. The fraction of sp³-hybridized carbons (Fsp3) is 0.300. The van der Waals surface area contributed by atoms with E-state index >= 15 is 0 Å². The maximum Gasteiger partial charge on any atom is 0.417 e. The van der Waals surface area contributed by atoms with E-state index in [-0.39, 0.29) is 0 Å². The molecule has 94 valence electrons. The third-order valence-electron chi connectivity index (χ3n) is 2.01. The Labute approximate surface area is 99.0 Å². The average molecular weight is 268 g/mol. The molecule has 0 atom stereocenters. The summed E-state index contributed by atoms with van der Waals surface area (Å²) in [5.41, 5.74) is -1.61. The molecule has 0 aliphatic heterocycles. The molecule has 1 rings (SSSR count). The molecule has 1 aromatic carbocycles. The van der Waals surface area contributed by atoms with Crippen LogP contribution in [0.2, 0.25) is 0 Å². The fourth-order valence-corrected chi connectivity index (χ4v) is 1.94. The molecule has 0 radical (unpaired) electrons. The molecule has 0 N–H and O–H groups in total. The van der Waals surface area contributed by atoms with E-state index in [1.807, 2.05) is 0 Å². The van der Waals surface area contributed by atoms with Gasteiger partial charge in [-0.25, -0.2) is 9.18 Å². The standard InChI is InChI=1S/C10H8F4O2S/c1-16-9(15)5-3-4-6(10(12,13)14)8(17-2)7(5)11/h3-4H,1-2H3. The molecular weight excluding hydrogens is 260 g/mol. The van der Waals surface area contributed by atoms with Gasteiger partial charge in [-0.2, -0.15) is 13.2 Å². The van der Waals surface area contributed by atoms with Crippen LogP contribution in [0.4, 0.5) is 17.6 Å². The third-order valence-corrected chi connectivity index (χ3v) is 2.82. The van der Waals surface area contributed by atoms with Crippen LogP contribution < -0.4 is 0 Å². The van der Waals surface area contributed by atoms with Gasteiger partial charge in [0.15, 0.2) is 5.82 Å². The maximum absolute atomic E-state index is 13.7. The Morgan fingerprint density at radius 3 is 2.35 bits per heavy atom. The molecule has 1 aromatic rings. The number of methoxy groups -OCH3 is 1. The molecule has 0 aliphatic rings. The van der Waals surface area contributed by atoms with Gasteiger partial charge in [0, 0.05) is 0 Å². The molecule has 7 heteroatoms. The SMILES string of the molecule is COC(=O)c1ccc(C(F)(F)F)c(SC)c1F. The lowest BCUT2D eigenvalue weighted by molar-refractivity contribution is -0.140. The molecule has 17 heavy (non-hydrogen) atoms. The van der Waals surface area contributed by atoms with Gasteiger partial charge in [-0.15, -0.1) is 11.8 Å². The van der Waals surface area contributed by atoms with E-state index in [1.165, 1.54) is 6.26 Å². The fourth-order valence-electron chi connectivity index (χ4n) is 1.25. The second-order valence-electron chi connectivity index (χ2n) is 3.00. The summed E-state index contributed by atoms with van der Waals surface area (Å²) >= 11 is 0.588. The van der Waals surface area contributed by atoms with Gasteiger partial charge in [0.2, 0.25) is 0 Å². The zero-order valence-corrected chi connectivity index (χ0v) is 9.71. The van der Waals surface area contributed by atoms with Crippen LogP contribution in [-0.2, 0) is 10.9 Å². The van der Waals surface area contributed by atoms with Gasteiger partial charge in [-0.3, -0.25) is 0 Å². The Morgan fingerprint density at radius 2 is 1.94 bits per heavy atom. The van der Waals surface area contributed by atoms with Crippen LogP contribution >= 0.6 is 11.8 Å². The predicted octanol–water partition coefficient (Wildman–Crippen LogP) is 3.35. The molecule has 0 heterocycles. The zero-order chi connectivity index (χ0) is 13.2. The molecule has 0 spiro atoms. The summed E-state index contributed by atoms with van der Waals surface area (Å²) in [4.78, 5) is 10.5. The van der Waals surface area contributed by atoms with E-state index in [1.54, 1.807) is 0 Å². The zero-order valence-electron chi connectivity index (χ0n) is 8.89. The number of benzene rings is 1. The summed E-state index contributed by atoms with van der Waals surface area (Å²) in [6.45, 7) is 0. The maximum atomic E-state index is 13.7. The average Bonchev–Trinajstić information content (AvgIpc) is 2.26.